The van der Waals surface area contributed by atoms with Crippen LogP contribution < -0.4 is 10.6 Å². The van der Waals surface area contributed by atoms with Gasteiger partial charge in [0.1, 0.15) is 9.84 Å². The Morgan fingerprint density at radius 2 is 1.81 bits per heavy atom. The first-order valence-electron chi connectivity index (χ1n) is 6.94. The highest BCUT2D eigenvalue weighted by molar-refractivity contribution is 7.90. The summed E-state index contributed by atoms with van der Waals surface area (Å²) < 4.78 is 23.1. The van der Waals surface area contributed by atoms with Crippen LogP contribution in [0.1, 0.15) is 38.8 Å². The maximum absolute atomic E-state index is 12.1. The zero-order valence-corrected chi connectivity index (χ0v) is 13.8. The summed E-state index contributed by atoms with van der Waals surface area (Å²) in [6.07, 6.45) is 1.95. The Morgan fingerprint density at radius 3 is 2.29 bits per heavy atom. The van der Waals surface area contributed by atoms with Gasteiger partial charge in [-0.2, -0.15) is 0 Å². The summed E-state index contributed by atoms with van der Waals surface area (Å²) in [6.45, 7) is 5.81. The maximum atomic E-state index is 12.1. The van der Waals surface area contributed by atoms with Crippen molar-refractivity contribution in [1.29, 1.82) is 0 Å². The van der Waals surface area contributed by atoms with Crippen molar-refractivity contribution < 1.29 is 13.2 Å². The highest BCUT2D eigenvalue weighted by Crippen LogP contribution is 2.15. The summed E-state index contributed by atoms with van der Waals surface area (Å²) in [4.78, 5) is 12.1. The summed E-state index contributed by atoms with van der Waals surface area (Å²) >= 11 is 0. The largest absolute Gasteiger partial charge is 0.333 e. The van der Waals surface area contributed by atoms with Crippen molar-refractivity contribution in [3.8, 4) is 0 Å². The molecule has 5 nitrogen and oxygen atoms in total. The normalized spacial score (nSPS) is 13.5. The van der Waals surface area contributed by atoms with Gasteiger partial charge in [-0.3, -0.25) is 0 Å². The molecule has 0 bridgehead atoms. The average Bonchev–Trinajstić information content (AvgIpc) is 2.37. The number of nitrogens with one attached hydrogen (secondary N) is 2. The van der Waals surface area contributed by atoms with Gasteiger partial charge in [0.25, 0.3) is 0 Å². The van der Waals surface area contributed by atoms with Crippen LogP contribution >= 0.6 is 0 Å². The van der Waals surface area contributed by atoms with Gasteiger partial charge in [-0.25, -0.2) is 13.2 Å². The van der Waals surface area contributed by atoms with Crippen LogP contribution in [-0.2, 0) is 9.84 Å². The predicted octanol–water partition coefficient (Wildman–Crippen LogP) is 2.26. The number of carbonyl (C=O) groups excluding carboxylic acids is 1. The van der Waals surface area contributed by atoms with Crippen molar-refractivity contribution in [2.75, 3.05) is 12.0 Å². The monoisotopic (exact) mass is 312 g/mol. The molecule has 0 spiro atoms. The van der Waals surface area contributed by atoms with E-state index in [1.165, 1.54) is 6.26 Å². The van der Waals surface area contributed by atoms with Gasteiger partial charge in [-0.15, -0.1) is 0 Å². The summed E-state index contributed by atoms with van der Waals surface area (Å²) in [5.41, 5.74) is 0.434. The van der Waals surface area contributed by atoms with Crippen LogP contribution in [0, 0.1) is 0 Å². The fraction of sp³-hybridized carbons (Fsp3) is 0.533. The number of carbonyl (C=O) groups is 1. The Labute approximate surface area is 127 Å². The molecule has 0 aliphatic heterocycles. The molecule has 0 aliphatic rings. The van der Waals surface area contributed by atoms with Gasteiger partial charge >= 0.3 is 6.03 Å². The molecule has 118 valence electrons. The fourth-order valence-corrected chi connectivity index (χ4v) is 2.68. The van der Waals surface area contributed by atoms with Gasteiger partial charge < -0.3 is 10.6 Å². The second-order valence-electron chi connectivity index (χ2n) is 5.89. The van der Waals surface area contributed by atoms with Crippen LogP contribution in [0.2, 0.25) is 0 Å². The van der Waals surface area contributed by atoms with Crippen molar-refractivity contribution in [2.24, 2.45) is 0 Å². The van der Waals surface area contributed by atoms with Crippen molar-refractivity contribution in [3.63, 3.8) is 0 Å². The first-order chi connectivity index (χ1) is 9.63. The van der Waals surface area contributed by atoms with E-state index in [-0.39, 0.29) is 17.3 Å². The molecule has 2 amide bonds. The third-order valence-corrected chi connectivity index (χ3v) is 4.25. The topological polar surface area (TPSA) is 75.3 Å². The molecule has 0 aliphatic carbocycles. The van der Waals surface area contributed by atoms with Gasteiger partial charge in [-0.1, -0.05) is 37.3 Å². The number of amides is 2. The molecule has 0 unspecified atom stereocenters. The van der Waals surface area contributed by atoms with Crippen molar-refractivity contribution in [2.45, 2.75) is 38.8 Å². The number of sulfone groups is 1. The van der Waals surface area contributed by atoms with E-state index in [0.29, 0.717) is 0 Å². The highest BCUT2D eigenvalue weighted by atomic mass is 32.2. The molecule has 1 aromatic carbocycles. The van der Waals surface area contributed by atoms with Crippen LogP contribution in [0.3, 0.4) is 0 Å². The maximum Gasteiger partial charge on any atom is 0.315 e. The third-order valence-electron chi connectivity index (χ3n) is 3.31. The van der Waals surface area contributed by atoms with E-state index in [4.69, 9.17) is 0 Å². The SMILES string of the molecule is CCC(C)(C)NC(=O)N[C@H](CS(C)(=O)=O)c1ccccc1. The number of urea groups is 1. The van der Waals surface area contributed by atoms with E-state index in [1.807, 2.05) is 39.0 Å². The molecule has 1 atom stereocenters. The second-order valence-corrected chi connectivity index (χ2v) is 8.08. The Bertz CT molecular complexity index is 568. The molecule has 21 heavy (non-hydrogen) atoms. The summed E-state index contributed by atoms with van der Waals surface area (Å²) in [5, 5.41) is 5.60. The van der Waals surface area contributed by atoms with Gasteiger partial charge in [0.05, 0.1) is 11.8 Å². The second kappa shape index (κ2) is 6.93. The molecule has 0 radical (unpaired) electrons. The Kier molecular flexibility index (Phi) is 5.78. The summed E-state index contributed by atoms with van der Waals surface area (Å²) in [7, 11) is -3.21. The Hall–Kier alpha value is -1.56. The molecule has 0 aromatic heterocycles. The van der Waals surface area contributed by atoms with Crippen LogP contribution in [-0.4, -0.2) is 32.0 Å². The van der Waals surface area contributed by atoms with Crippen LogP contribution in [0.25, 0.3) is 0 Å². The van der Waals surface area contributed by atoms with Gasteiger partial charge in [0.15, 0.2) is 0 Å². The van der Waals surface area contributed by atoms with E-state index in [9.17, 15) is 13.2 Å². The Balaban J connectivity index is 2.86. The molecule has 0 saturated heterocycles. The highest BCUT2D eigenvalue weighted by Gasteiger charge is 2.23. The standard InChI is InChI=1S/C15H24N2O3S/c1-5-15(2,3)17-14(18)16-13(11-21(4,19)20)12-9-7-6-8-10-12/h6-10,13H,5,11H2,1-4H3,(H2,16,17,18)/t13-/m1/s1. The number of benzene rings is 1. The van der Waals surface area contributed by atoms with E-state index in [0.717, 1.165) is 12.0 Å². The van der Waals surface area contributed by atoms with Gasteiger partial charge in [-0.05, 0) is 25.8 Å². The minimum Gasteiger partial charge on any atom is -0.333 e. The van der Waals surface area contributed by atoms with Crippen molar-refractivity contribution in [3.05, 3.63) is 35.9 Å². The Morgan fingerprint density at radius 1 is 1.24 bits per heavy atom. The quantitative estimate of drug-likeness (QED) is 0.846. The molecular weight excluding hydrogens is 288 g/mol. The number of rotatable bonds is 6. The lowest BCUT2D eigenvalue weighted by Crippen LogP contribution is -2.49. The molecule has 1 rings (SSSR count). The number of hydrogen-bond acceptors (Lipinski definition) is 3. The predicted molar refractivity (Wildman–Crippen MR) is 84.9 cm³/mol. The number of hydrogen-bond donors (Lipinski definition) is 2. The fourth-order valence-electron chi connectivity index (χ4n) is 1.80. The van der Waals surface area contributed by atoms with Crippen LogP contribution in [0.4, 0.5) is 4.79 Å². The first kappa shape index (κ1) is 17.5. The molecule has 6 heteroatoms. The minimum atomic E-state index is -3.21. The average molecular weight is 312 g/mol. The van der Waals surface area contributed by atoms with E-state index >= 15 is 0 Å². The summed E-state index contributed by atoms with van der Waals surface area (Å²) in [5.74, 6) is -0.128. The zero-order chi connectivity index (χ0) is 16.1. The lowest BCUT2D eigenvalue weighted by atomic mass is 10.0. The van der Waals surface area contributed by atoms with Gasteiger partial charge in [0, 0.05) is 11.8 Å². The summed E-state index contributed by atoms with van der Waals surface area (Å²) in [6, 6.07) is 8.18. The first-order valence-corrected chi connectivity index (χ1v) is 9.00. The molecule has 1 aromatic rings. The van der Waals surface area contributed by atoms with E-state index in [1.54, 1.807) is 12.1 Å². The van der Waals surface area contributed by atoms with E-state index < -0.39 is 15.9 Å². The molecular formula is C15H24N2O3S. The smallest absolute Gasteiger partial charge is 0.315 e. The van der Waals surface area contributed by atoms with Gasteiger partial charge in [0.2, 0.25) is 0 Å². The van der Waals surface area contributed by atoms with Crippen LogP contribution in [0.15, 0.2) is 30.3 Å². The minimum absolute atomic E-state index is 0.128. The third kappa shape index (κ3) is 6.62. The van der Waals surface area contributed by atoms with E-state index in [2.05, 4.69) is 10.6 Å². The molecule has 0 saturated carbocycles. The van der Waals surface area contributed by atoms with Crippen molar-refractivity contribution in [1.82, 2.24) is 10.6 Å². The zero-order valence-electron chi connectivity index (χ0n) is 13.0. The molecule has 2 N–H and O–H groups in total. The lowest BCUT2D eigenvalue weighted by Gasteiger charge is -2.27. The molecule has 0 heterocycles. The van der Waals surface area contributed by atoms with Crippen LogP contribution in [0.5, 0.6) is 0 Å². The molecule has 0 fully saturated rings. The van der Waals surface area contributed by atoms with Crippen molar-refractivity contribution >= 4 is 15.9 Å². The lowest BCUT2D eigenvalue weighted by molar-refractivity contribution is 0.226.